The van der Waals surface area contributed by atoms with Gasteiger partial charge in [-0.05, 0) is 74.9 Å². The molecule has 2 N–H and O–H groups in total. The second-order valence-corrected chi connectivity index (χ2v) is 10.2. The first-order valence-electron chi connectivity index (χ1n) is 13.1. The van der Waals surface area contributed by atoms with Gasteiger partial charge in [-0.15, -0.1) is 0 Å². The van der Waals surface area contributed by atoms with Crippen molar-refractivity contribution >= 4 is 28.8 Å². The number of unbranched alkanes of at least 4 members (excludes halogenated alkanes) is 2. The third-order valence-electron chi connectivity index (χ3n) is 6.95. The standard InChI is InChI=1S/C29H39N3O4S/c1-21-18-27(34-2)26(25-10-13-30-28(21)25)20-32-14-11-23(12-15-32)35-16-5-4-6-17-36-24-9-7-8-22(19-24)29(33)31-37-3/h7-10,13,18-19,23,30H,4-6,11-12,14-17,20H2,1-3H3,(H,31,33). The molecule has 0 unspecified atom stereocenters. The van der Waals surface area contributed by atoms with Gasteiger partial charge in [0.1, 0.15) is 11.5 Å². The molecule has 1 fully saturated rings. The summed E-state index contributed by atoms with van der Waals surface area (Å²) in [4.78, 5) is 17.8. The number of carbonyl (C=O) groups is 1. The Bertz CT molecular complexity index is 1160. The Morgan fingerprint density at radius 2 is 1.95 bits per heavy atom. The number of piperidine rings is 1. The van der Waals surface area contributed by atoms with Gasteiger partial charge in [0, 0.05) is 60.7 Å². The number of aromatic nitrogens is 1. The van der Waals surface area contributed by atoms with E-state index in [0.29, 0.717) is 18.3 Å². The van der Waals surface area contributed by atoms with E-state index in [4.69, 9.17) is 14.2 Å². The SMILES string of the molecule is COc1cc(C)c2[nH]ccc2c1CN1CCC(OCCCCCOc2cccc(C(=O)NSC)c2)CC1. The molecule has 2 aromatic carbocycles. The molecule has 0 spiro atoms. The number of amides is 1. The van der Waals surface area contributed by atoms with Crippen LogP contribution in [0.1, 0.15) is 53.6 Å². The quantitative estimate of drug-likeness (QED) is 0.220. The third-order valence-corrected chi connectivity index (χ3v) is 7.34. The van der Waals surface area contributed by atoms with Gasteiger partial charge in [0.05, 0.1) is 19.8 Å². The van der Waals surface area contributed by atoms with Gasteiger partial charge in [-0.1, -0.05) is 18.0 Å². The summed E-state index contributed by atoms with van der Waals surface area (Å²) in [6.45, 7) is 6.53. The molecule has 0 aliphatic carbocycles. The van der Waals surface area contributed by atoms with Gasteiger partial charge in [0.15, 0.2) is 0 Å². The summed E-state index contributed by atoms with van der Waals surface area (Å²) in [5, 5.41) is 1.26. The lowest BCUT2D eigenvalue weighted by atomic mass is 10.0. The Labute approximate surface area is 224 Å². The zero-order valence-electron chi connectivity index (χ0n) is 22.2. The minimum Gasteiger partial charge on any atom is -0.496 e. The maximum absolute atomic E-state index is 11.9. The van der Waals surface area contributed by atoms with Crippen molar-refractivity contribution in [1.82, 2.24) is 14.6 Å². The van der Waals surface area contributed by atoms with Crippen LogP contribution in [0.25, 0.3) is 10.9 Å². The first kappa shape index (κ1) is 27.4. The third kappa shape index (κ3) is 7.43. The predicted molar refractivity (Wildman–Crippen MR) is 151 cm³/mol. The summed E-state index contributed by atoms with van der Waals surface area (Å²) in [6.07, 6.45) is 9.37. The van der Waals surface area contributed by atoms with E-state index in [1.807, 2.05) is 24.6 Å². The number of methoxy groups -OCH3 is 1. The monoisotopic (exact) mass is 525 g/mol. The lowest BCUT2D eigenvalue weighted by Gasteiger charge is -2.32. The minimum atomic E-state index is -0.103. The van der Waals surface area contributed by atoms with Crippen LogP contribution in [0.3, 0.4) is 0 Å². The van der Waals surface area contributed by atoms with Crippen LogP contribution in [-0.4, -0.2) is 61.6 Å². The Morgan fingerprint density at radius 1 is 1.14 bits per heavy atom. The van der Waals surface area contributed by atoms with E-state index < -0.39 is 0 Å². The van der Waals surface area contributed by atoms with Crippen LogP contribution in [0.2, 0.25) is 0 Å². The average molecular weight is 526 g/mol. The Balaban J connectivity index is 1.11. The highest BCUT2D eigenvalue weighted by atomic mass is 32.2. The van der Waals surface area contributed by atoms with Crippen LogP contribution in [0.4, 0.5) is 0 Å². The lowest BCUT2D eigenvalue weighted by molar-refractivity contribution is 0.00407. The van der Waals surface area contributed by atoms with Crippen molar-refractivity contribution in [3.63, 3.8) is 0 Å². The van der Waals surface area contributed by atoms with Crippen LogP contribution in [0.15, 0.2) is 42.6 Å². The van der Waals surface area contributed by atoms with Crippen LogP contribution >= 0.6 is 11.9 Å². The number of rotatable bonds is 13. The van der Waals surface area contributed by atoms with Gasteiger partial charge < -0.3 is 19.2 Å². The molecular weight excluding hydrogens is 486 g/mol. The van der Waals surface area contributed by atoms with E-state index >= 15 is 0 Å². The number of carbonyl (C=O) groups excluding carboxylic acids is 1. The number of benzene rings is 2. The summed E-state index contributed by atoms with van der Waals surface area (Å²) in [6, 6.07) is 11.6. The molecule has 8 heteroatoms. The normalized spacial score (nSPS) is 14.7. The summed E-state index contributed by atoms with van der Waals surface area (Å²) in [5.74, 6) is 1.60. The number of H-pyrrole nitrogens is 1. The second kappa shape index (κ2) is 13.7. The summed E-state index contributed by atoms with van der Waals surface area (Å²) in [7, 11) is 1.76. The van der Waals surface area contributed by atoms with Crippen molar-refractivity contribution in [3.05, 3.63) is 59.3 Å². The highest BCUT2D eigenvalue weighted by Crippen LogP contribution is 2.32. The molecule has 1 aliphatic heterocycles. The van der Waals surface area contributed by atoms with Crippen LogP contribution < -0.4 is 14.2 Å². The molecule has 1 aliphatic rings. The number of fused-ring (bicyclic) bond motifs is 1. The number of aromatic amines is 1. The number of nitrogens with one attached hydrogen (secondary N) is 2. The molecule has 1 saturated heterocycles. The average Bonchev–Trinajstić information content (AvgIpc) is 3.42. The summed E-state index contributed by atoms with van der Waals surface area (Å²) >= 11 is 1.29. The molecule has 7 nitrogen and oxygen atoms in total. The van der Waals surface area contributed by atoms with Gasteiger partial charge in [-0.25, -0.2) is 0 Å². The smallest absolute Gasteiger partial charge is 0.261 e. The molecule has 3 aromatic rings. The van der Waals surface area contributed by atoms with Gasteiger partial charge in [-0.3, -0.25) is 14.4 Å². The first-order chi connectivity index (χ1) is 18.1. The van der Waals surface area contributed by atoms with E-state index in [0.717, 1.165) is 69.8 Å². The number of hydrogen-bond donors (Lipinski definition) is 2. The largest absolute Gasteiger partial charge is 0.496 e. The van der Waals surface area contributed by atoms with Gasteiger partial charge >= 0.3 is 0 Å². The van der Waals surface area contributed by atoms with E-state index in [9.17, 15) is 4.79 Å². The molecule has 0 saturated carbocycles. The molecule has 37 heavy (non-hydrogen) atoms. The van der Waals surface area contributed by atoms with E-state index in [2.05, 4.69) is 33.7 Å². The molecule has 0 atom stereocenters. The summed E-state index contributed by atoms with van der Waals surface area (Å²) in [5.41, 5.74) is 4.29. The fourth-order valence-corrected chi connectivity index (χ4v) is 5.24. The molecule has 1 amide bonds. The molecule has 0 bridgehead atoms. The second-order valence-electron chi connectivity index (χ2n) is 9.56. The highest BCUT2D eigenvalue weighted by Gasteiger charge is 2.22. The van der Waals surface area contributed by atoms with E-state index in [1.54, 1.807) is 19.2 Å². The van der Waals surface area contributed by atoms with E-state index in [-0.39, 0.29) is 5.91 Å². The Morgan fingerprint density at radius 3 is 2.73 bits per heavy atom. The molecule has 4 rings (SSSR count). The number of ether oxygens (including phenoxy) is 3. The molecule has 200 valence electrons. The number of likely N-dealkylation sites (tertiary alicyclic amines) is 1. The topological polar surface area (TPSA) is 75.8 Å². The summed E-state index contributed by atoms with van der Waals surface area (Å²) < 4.78 is 20.5. The van der Waals surface area contributed by atoms with Crippen molar-refractivity contribution in [2.45, 2.75) is 51.7 Å². The fraction of sp³-hybridized carbons (Fsp3) is 0.483. The molecular formula is C29H39N3O4S. The van der Waals surface area contributed by atoms with Crippen LogP contribution in [0, 0.1) is 6.92 Å². The van der Waals surface area contributed by atoms with Crippen molar-refractivity contribution in [2.24, 2.45) is 0 Å². The maximum Gasteiger partial charge on any atom is 0.261 e. The maximum atomic E-state index is 11.9. The Kier molecular flexibility index (Phi) is 10.2. The Hall–Kier alpha value is -2.68. The predicted octanol–water partition coefficient (Wildman–Crippen LogP) is 5.72. The van der Waals surface area contributed by atoms with Crippen LogP contribution in [-0.2, 0) is 11.3 Å². The lowest BCUT2D eigenvalue weighted by Crippen LogP contribution is -2.36. The van der Waals surface area contributed by atoms with Crippen molar-refractivity contribution in [1.29, 1.82) is 0 Å². The fourth-order valence-electron chi connectivity index (χ4n) is 4.94. The van der Waals surface area contributed by atoms with Crippen molar-refractivity contribution < 1.29 is 19.0 Å². The van der Waals surface area contributed by atoms with E-state index in [1.165, 1.54) is 34.0 Å². The first-order valence-corrected chi connectivity index (χ1v) is 14.3. The van der Waals surface area contributed by atoms with Crippen molar-refractivity contribution in [2.75, 3.05) is 39.7 Å². The van der Waals surface area contributed by atoms with Gasteiger partial charge in [-0.2, -0.15) is 0 Å². The number of nitrogens with zero attached hydrogens (tertiary/aromatic N) is 1. The minimum absolute atomic E-state index is 0.103. The molecule has 2 heterocycles. The van der Waals surface area contributed by atoms with Gasteiger partial charge in [0.25, 0.3) is 5.91 Å². The molecule has 0 radical (unpaired) electrons. The number of aryl methyl sites for hydroxylation is 1. The van der Waals surface area contributed by atoms with Crippen LogP contribution in [0.5, 0.6) is 11.5 Å². The number of hydrogen-bond acceptors (Lipinski definition) is 6. The zero-order chi connectivity index (χ0) is 26.0. The zero-order valence-corrected chi connectivity index (χ0v) is 23.0. The molecule has 1 aromatic heterocycles. The van der Waals surface area contributed by atoms with Crippen molar-refractivity contribution in [3.8, 4) is 11.5 Å². The van der Waals surface area contributed by atoms with Gasteiger partial charge in [0.2, 0.25) is 0 Å². The highest BCUT2D eigenvalue weighted by molar-refractivity contribution is 7.97.